The van der Waals surface area contributed by atoms with Crippen LogP contribution >= 0.6 is 24.0 Å². The molecule has 0 bridgehead atoms. The molecule has 0 saturated heterocycles. The number of aromatic nitrogens is 3. The molecule has 3 N–H and O–H groups in total. The third-order valence-electron chi connectivity index (χ3n) is 5.95. The minimum atomic E-state index is -0.222. The van der Waals surface area contributed by atoms with Crippen molar-refractivity contribution in [3.8, 4) is 0 Å². The maximum atomic E-state index is 10.3. The third kappa shape index (κ3) is 4.88. The molecule has 3 rings (SSSR count). The summed E-state index contributed by atoms with van der Waals surface area (Å²) in [5.74, 6) is 3.48. The molecule has 0 aromatic carbocycles. The molecule has 2 aliphatic rings. The summed E-state index contributed by atoms with van der Waals surface area (Å²) in [4.78, 5) is 4.35. The zero-order chi connectivity index (χ0) is 17.9. The van der Waals surface area contributed by atoms with Crippen molar-refractivity contribution in [3.63, 3.8) is 0 Å². The monoisotopic (exact) mass is 476 g/mol. The van der Waals surface area contributed by atoms with Gasteiger partial charge in [0.25, 0.3) is 0 Å². The number of halogens is 1. The van der Waals surface area contributed by atoms with Crippen LogP contribution in [0.3, 0.4) is 0 Å². The lowest BCUT2D eigenvalue weighted by molar-refractivity contribution is 0.00397. The van der Waals surface area contributed by atoms with E-state index >= 15 is 0 Å². The maximum Gasteiger partial charge on any atom is 0.191 e. The lowest BCUT2D eigenvalue weighted by atomic mass is 9.73. The first-order valence-electron chi connectivity index (χ1n) is 9.53. The van der Waals surface area contributed by atoms with Gasteiger partial charge < -0.3 is 20.3 Å². The molecule has 3 unspecified atom stereocenters. The standard InChI is InChI=1S/C18H32N6O.HI/c1-13-22-23-16-8-7-14(11-24(13)16)10-20-17(19-3)21-12-18(2)9-5-4-6-15(18)25;/h14-15,25H,4-12H2,1-3H3,(H2,19,20,21);1H. The number of aliphatic hydroxyl groups is 1. The van der Waals surface area contributed by atoms with Crippen LogP contribution in [0, 0.1) is 18.3 Å². The van der Waals surface area contributed by atoms with Crippen LogP contribution < -0.4 is 10.6 Å². The molecule has 3 atom stereocenters. The van der Waals surface area contributed by atoms with E-state index < -0.39 is 0 Å². The second-order valence-electron chi connectivity index (χ2n) is 7.90. The highest BCUT2D eigenvalue weighted by atomic mass is 127. The molecule has 2 heterocycles. The van der Waals surface area contributed by atoms with Crippen molar-refractivity contribution in [1.82, 2.24) is 25.4 Å². The van der Waals surface area contributed by atoms with E-state index in [1.165, 1.54) is 6.42 Å². The van der Waals surface area contributed by atoms with Crippen LogP contribution in [0.2, 0.25) is 0 Å². The number of nitrogens with one attached hydrogen (secondary N) is 2. The number of hydrogen-bond acceptors (Lipinski definition) is 4. The van der Waals surface area contributed by atoms with E-state index in [1.54, 1.807) is 7.05 Å². The predicted molar refractivity (Wildman–Crippen MR) is 114 cm³/mol. The molecule has 7 nitrogen and oxygen atoms in total. The number of aliphatic imine (C=N–C) groups is 1. The Morgan fingerprint density at radius 2 is 2.12 bits per heavy atom. The van der Waals surface area contributed by atoms with Gasteiger partial charge in [-0.25, -0.2) is 0 Å². The first kappa shape index (κ1) is 21.4. The van der Waals surface area contributed by atoms with Gasteiger partial charge in [0, 0.05) is 38.5 Å². The second-order valence-corrected chi connectivity index (χ2v) is 7.90. The molecule has 1 saturated carbocycles. The molecule has 148 valence electrons. The number of fused-ring (bicyclic) bond motifs is 1. The lowest BCUT2D eigenvalue weighted by Crippen LogP contribution is -2.49. The quantitative estimate of drug-likeness (QED) is 0.351. The van der Waals surface area contributed by atoms with Gasteiger partial charge in [0.1, 0.15) is 11.6 Å². The highest BCUT2D eigenvalue weighted by Gasteiger charge is 2.35. The van der Waals surface area contributed by atoms with Gasteiger partial charge in [0.2, 0.25) is 0 Å². The largest absolute Gasteiger partial charge is 0.392 e. The fraction of sp³-hybridized carbons (Fsp3) is 0.833. The summed E-state index contributed by atoms with van der Waals surface area (Å²) in [5, 5.41) is 25.6. The van der Waals surface area contributed by atoms with Crippen LogP contribution in [0.4, 0.5) is 0 Å². The Morgan fingerprint density at radius 3 is 2.85 bits per heavy atom. The smallest absolute Gasteiger partial charge is 0.191 e. The highest BCUT2D eigenvalue weighted by Crippen LogP contribution is 2.35. The fourth-order valence-corrected chi connectivity index (χ4v) is 4.03. The Morgan fingerprint density at radius 1 is 1.31 bits per heavy atom. The Kier molecular flexibility index (Phi) is 7.69. The van der Waals surface area contributed by atoms with Crippen molar-refractivity contribution in [2.45, 2.75) is 65.0 Å². The summed E-state index contributed by atoms with van der Waals surface area (Å²) >= 11 is 0. The van der Waals surface area contributed by atoms with E-state index in [2.05, 4.69) is 37.3 Å². The molecule has 1 aromatic heterocycles. The van der Waals surface area contributed by atoms with E-state index in [0.29, 0.717) is 5.92 Å². The number of nitrogens with zero attached hydrogens (tertiary/aromatic N) is 4. The number of guanidine groups is 1. The lowest BCUT2D eigenvalue weighted by Gasteiger charge is -2.39. The van der Waals surface area contributed by atoms with E-state index in [4.69, 9.17) is 0 Å². The molecule has 1 aliphatic heterocycles. The second kappa shape index (κ2) is 9.34. The minimum absolute atomic E-state index is 0. The molecule has 1 fully saturated rings. The van der Waals surface area contributed by atoms with Crippen LogP contribution in [0.15, 0.2) is 4.99 Å². The van der Waals surface area contributed by atoms with Crippen molar-refractivity contribution in [3.05, 3.63) is 11.6 Å². The van der Waals surface area contributed by atoms with Crippen molar-refractivity contribution < 1.29 is 5.11 Å². The van der Waals surface area contributed by atoms with Gasteiger partial charge in [0.05, 0.1) is 6.10 Å². The van der Waals surface area contributed by atoms with Gasteiger partial charge in [-0.1, -0.05) is 19.8 Å². The van der Waals surface area contributed by atoms with Gasteiger partial charge in [-0.2, -0.15) is 0 Å². The molecular formula is C18H33IN6O. The average Bonchev–Trinajstić information content (AvgIpc) is 2.99. The van der Waals surface area contributed by atoms with Crippen LogP contribution in [-0.2, 0) is 13.0 Å². The molecule has 0 spiro atoms. The van der Waals surface area contributed by atoms with E-state index in [-0.39, 0.29) is 35.5 Å². The molecule has 0 amide bonds. The van der Waals surface area contributed by atoms with Crippen molar-refractivity contribution >= 4 is 29.9 Å². The van der Waals surface area contributed by atoms with Crippen molar-refractivity contribution in [2.24, 2.45) is 16.3 Å². The first-order chi connectivity index (χ1) is 12.0. The topological polar surface area (TPSA) is 87.4 Å². The summed E-state index contributed by atoms with van der Waals surface area (Å²) in [5.41, 5.74) is -0.0603. The normalized spacial score (nSPS) is 28.8. The molecule has 8 heteroatoms. The van der Waals surface area contributed by atoms with Gasteiger partial charge in [-0.3, -0.25) is 4.99 Å². The van der Waals surface area contributed by atoms with E-state index in [0.717, 1.165) is 69.3 Å². The summed E-state index contributed by atoms with van der Waals surface area (Å²) in [7, 11) is 1.80. The van der Waals surface area contributed by atoms with Gasteiger partial charge in [0.15, 0.2) is 5.96 Å². The summed E-state index contributed by atoms with van der Waals surface area (Å²) in [6, 6.07) is 0. The number of aliphatic hydroxyl groups excluding tert-OH is 1. The third-order valence-corrected chi connectivity index (χ3v) is 5.95. The average molecular weight is 476 g/mol. The number of rotatable bonds is 4. The Bertz CT molecular complexity index is 619. The zero-order valence-electron chi connectivity index (χ0n) is 16.2. The summed E-state index contributed by atoms with van der Waals surface area (Å²) in [6.07, 6.45) is 6.20. The predicted octanol–water partition coefficient (Wildman–Crippen LogP) is 1.87. The number of hydrogen-bond donors (Lipinski definition) is 3. The van der Waals surface area contributed by atoms with Crippen LogP contribution in [0.1, 0.15) is 50.7 Å². The van der Waals surface area contributed by atoms with Gasteiger partial charge in [-0.05, 0) is 32.1 Å². The number of aryl methyl sites for hydroxylation is 2. The minimum Gasteiger partial charge on any atom is -0.392 e. The fourth-order valence-electron chi connectivity index (χ4n) is 4.03. The van der Waals surface area contributed by atoms with Gasteiger partial charge in [-0.15, -0.1) is 34.2 Å². The maximum absolute atomic E-state index is 10.3. The van der Waals surface area contributed by atoms with Crippen molar-refractivity contribution in [2.75, 3.05) is 20.1 Å². The molecule has 0 radical (unpaired) electrons. The Balaban J connectivity index is 0.00000243. The van der Waals surface area contributed by atoms with Crippen LogP contribution in [0.5, 0.6) is 0 Å². The van der Waals surface area contributed by atoms with Crippen LogP contribution in [-0.4, -0.2) is 52.1 Å². The Labute approximate surface area is 173 Å². The van der Waals surface area contributed by atoms with Crippen molar-refractivity contribution in [1.29, 1.82) is 0 Å². The molecule has 1 aliphatic carbocycles. The summed E-state index contributed by atoms with van der Waals surface area (Å²) < 4.78 is 2.23. The molecule has 1 aromatic rings. The molecular weight excluding hydrogens is 443 g/mol. The molecule has 26 heavy (non-hydrogen) atoms. The SMILES string of the molecule is CN=C(NCC1CCc2nnc(C)n2C1)NCC1(C)CCCCC1O.I. The van der Waals surface area contributed by atoms with E-state index in [9.17, 15) is 5.11 Å². The highest BCUT2D eigenvalue weighted by molar-refractivity contribution is 14.0. The van der Waals surface area contributed by atoms with E-state index in [1.807, 2.05) is 6.92 Å². The van der Waals surface area contributed by atoms with Crippen LogP contribution in [0.25, 0.3) is 0 Å². The summed E-state index contributed by atoms with van der Waals surface area (Å²) in [6.45, 7) is 6.80. The zero-order valence-corrected chi connectivity index (χ0v) is 18.5. The first-order valence-corrected chi connectivity index (χ1v) is 9.53. The van der Waals surface area contributed by atoms with Gasteiger partial charge >= 0.3 is 0 Å². The Hall–Kier alpha value is -0.900.